The lowest BCUT2D eigenvalue weighted by Gasteiger charge is -2.48. The second-order valence-electron chi connectivity index (χ2n) is 16.0. The summed E-state index contributed by atoms with van der Waals surface area (Å²) in [5.74, 6) is -3.28. The molecule has 14 nitrogen and oxygen atoms in total. The summed E-state index contributed by atoms with van der Waals surface area (Å²) in [4.78, 5) is 28.6. The van der Waals surface area contributed by atoms with Gasteiger partial charge in [-0.1, -0.05) is 20.8 Å². The first-order chi connectivity index (χ1) is 23.0. The number of aliphatic hydroxyl groups excluding tert-OH is 3. The molecule has 3 saturated heterocycles. The Labute approximate surface area is 297 Å². The van der Waals surface area contributed by atoms with Crippen molar-refractivity contribution in [2.75, 3.05) is 20.7 Å². The predicted molar refractivity (Wildman–Crippen MR) is 182 cm³/mol. The maximum atomic E-state index is 14.1. The number of ketones is 1. The van der Waals surface area contributed by atoms with Gasteiger partial charge in [0.2, 0.25) is 0 Å². The quantitative estimate of drug-likeness (QED) is 0.248. The highest BCUT2D eigenvalue weighted by atomic mass is 16.7. The Kier molecular flexibility index (Phi) is 14.5. The molecule has 0 saturated carbocycles. The van der Waals surface area contributed by atoms with Crippen LogP contribution in [0.4, 0.5) is 0 Å². The van der Waals surface area contributed by atoms with E-state index in [4.69, 9.17) is 28.4 Å². The van der Waals surface area contributed by atoms with E-state index in [-0.39, 0.29) is 31.6 Å². The number of hydrogen-bond acceptors (Lipinski definition) is 14. The average Bonchev–Trinajstić information content (AvgIpc) is 3.03. The predicted octanol–water partition coefficient (Wildman–Crippen LogP) is 1.54. The van der Waals surface area contributed by atoms with Crippen LogP contribution in [0.25, 0.3) is 0 Å². The highest BCUT2D eigenvalue weighted by Crippen LogP contribution is 2.39. The van der Waals surface area contributed by atoms with Crippen LogP contribution in [-0.2, 0) is 38.0 Å². The summed E-state index contributed by atoms with van der Waals surface area (Å²) in [5, 5.41) is 57.1. The Morgan fingerprint density at radius 3 is 2.12 bits per heavy atom. The van der Waals surface area contributed by atoms with E-state index in [2.05, 4.69) is 0 Å². The smallest absolute Gasteiger partial charge is 0.311 e. The number of carbonyl (C=O) groups excluding carboxylic acids is 2. The molecule has 0 radical (unpaired) electrons. The van der Waals surface area contributed by atoms with Crippen molar-refractivity contribution >= 4 is 11.8 Å². The van der Waals surface area contributed by atoms with Crippen LogP contribution in [0.1, 0.15) is 94.9 Å². The van der Waals surface area contributed by atoms with E-state index in [1.54, 1.807) is 62.4 Å². The van der Waals surface area contributed by atoms with E-state index >= 15 is 0 Å². The van der Waals surface area contributed by atoms with Crippen molar-refractivity contribution in [1.82, 2.24) is 4.90 Å². The van der Waals surface area contributed by atoms with Crippen LogP contribution in [0.2, 0.25) is 0 Å². The number of hydrogen-bond donors (Lipinski definition) is 5. The number of aliphatic hydroxyl groups is 5. The second-order valence-corrected chi connectivity index (χ2v) is 16.0. The molecule has 0 aromatic carbocycles. The van der Waals surface area contributed by atoms with Gasteiger partial charge in [0.25, 0.3) is 0 Å². The van der Waals surface area contributed by atoms with Crippen LogP contribution in [0.5, 0.6) is 0 Å². The Balaban J connectivity index is 2.16. The molecule has 17 atom stereocenters. The molecule has 3 fully saturated rings. The topological polar surface area (TPSA) is 194 Å². The van der Waals surface area contributed by atoms with Crippen LogP contribution in [-0.4, -0.2) is 147 Å². The maximum absolute atomic E-state index is 14.1. The van der Waals surface area contributed by atoms with Gasteiger partial charge in [0.15, 0.2) is 24.5 Å². The van der Waals surface area contributed by atoms with Gasteiger partial charge in [0.1, 0.15) is 23.9 Å². The molecule has 3 heterocycles. The molecule has 0 aromatic rings. The number of cyclic esters (lactones) is 1. The van der Waals surface area contributed by atoms with Crippen LogP contribution in [0.3, 0.4) is 0 Å². The average molecular weight is 720 g/mol. The largest absolute Gasteiger partial charge is 0.459 e. The number of esters is 1. The number of ether oxygens (including phenoxy) is 6. The van der Waals surface area contributed by atoms with E-state index in [1.807, 2.05) is 11.8 Å². The summed E-state index contributed by atoms with van der Waals surface area (Å²) in [6.45, 7) is 17.3. The zero-order valence-corrected chi connectivity index (χ0v) is 32.1. The van der Waals surface area contributed by atoms with Gasteiger partial charge >= 0.3 is 5.97 Å². The molecule has 3 rings (SSSR count). The molecule has 2 unspecified atom stereocenters. The van der Waals surface area contributed by atoms with E-state index < -0.39 is 108 Å². The Hall–Kier alpha value is -1.30. The summed E-state index contributed by atoms with van der Waals surface area (Å²) in [5.41, 5.74) is -4.52. The standard InChI is InChI=1S/C36H65NO13/c1-13-25-36(10,44)29(40)22(6)37(11)17-18(2)15-34(8,43)31(50-33-27(39)24(38)14-19(3)46-33)20(4)28(21(5)32(42)48-25)49-26-16-35(9,45-12)30(41)23(7)47-26/h18-23,25-31,33,39-41,43-44H,13-17H2,1-12H3/t18-,19-,20+,21-,22?,23+,25?,26+,27-,28+,29-,30+,31-,33+,34-,35-,36-/m1/s1. The van der Waals surface area contributed by atoms with Crippen molar-refractivity contribution in [3.05, 3.63) is 0 Å². The summed E-state index contributed by atoms with van der Waals surface area (Å²) >= 11 is 0. The van der Waals surface area contributed by atoms with Gasteiger partial charge in [-0.3, -0.25) is 9.59 Å². The number of carbonyl (C=O) groups is 2. The third-order valence-corrected chi connectivity index (χ3v) is 11.4. The second kappa shape index (κ2) is 16.8. The number of methoxy groups -OCH3 is 1. The van der Waals surface area contributed by atoms with Gasteiger partial charge in [-0.05, 0) is 74.3 Å². The van der Waals surface area contributed by atoms with Gasteiger partial charge in [0.05, 0.1) is 41.5 Å². The molecule has 0 aromatic heterocycles. The van der Waals surface area contributed by atoms with Gasteiger partial charge in [0, 0.05) is 38.5 Å². The normalized spacial score (nSPS) is 49.5. The summed E-state index contributed by atoms with van der Waals surface area (Å²) in [7, 11) is 3.28. The van der Waals surface area contributed by atoms with Crippen LogP contribution in [0, 0.1) is 17.8 Å². The Morgan fingerprint density at radius 1 is 0.920 bits per heavy atom. The molecule has 3 aliphatic heterocycles. The van der Waals surface area contributed by atoms with Crippen molar-refractivity contribution in [3.63, 3.8) is 0 Å². The highest BCUT2D eigenvalue weighted by Gasteiger charge is 2.52. The monoisotopic (exact) mass is 719 g/mol. The van der Waals surface area contributed by atoms with Gasteiger partial charge in [-0.25, -0.2) is 0 Å². The Morgan fingerprint density at radius 2 is 1.54 bits per heavy atom. The molecule has 50 heavy (non-hydrogen) atoms. The zero-order valence-electron chi connectivity index (χ0n) is 32.1. The molecule has 14 heteroatoms. The van der Waals surface area contributed by atoms with Gasteiger partial charge in [-0.15, -0.1) is 0 Å². The minimum absolute atomic E-state index is 0.00332. The van der Waals surface area contributed by atoms with E-state index in [1.165, 1.54) is 14.0 Å². The summed E-state index contributed by atoms with van der Waals surface area (Å²) < 4.78 is 36.6. The molecule has 3 aliphatic rings. The van der Waals surface area contributed by atoms with Crippen LogP contribution < -0.4 is 0 Å². The highest BCUT2D eigenvalue weighted by molar-refractivity contribution is 5.84. The minimum atomic E-state index is -1.82. The SMILES string of the molecule is CCC1OC(=O)[C@H](C)[C@@H](O[C@H]2C[C@@](C)(OC)[C@@H](O)[C@H](C)O2)[C@H](C)[C@@H](O[C@@H]2O[C@H](C)CC(=O)[C@H]2O)[C@](C)(O)C[C@@H](C)CN(C)C(C)[C@@H](O)[C@]1(C)O. The maximum Gasteiger partial charge on any atom is 0.311 e. The lowest BCUT2D eigenvalue weighted by atomic mass is 9.77. The number of likely N-dealkylation sites (N-methyl/N-ethyl adjacent to an activating group) is 1. The summed E-state index contributed by atoms with van der Waals surface area (Å²) in [6.07, 6.45) is -10.4. The van der Waals surface area contributed by atoms with Crippen molar-refractivity contribution in [2.45, 2.75) is 179 Å². The first kappa shape index (κ1) is 43.1. The first-order valence-electron chi connectivity index (χ1n) is 18.1. The lowest BCUT2D eigenvalue weighted by molar-refractivity contribution is -0.311. The molecule has 0 spiro atoms. The van der Waals surface area contributed by atoms with Crippen molar-refractivity contribution in [3.8, 4) is 0 Å². The third kappa shape index (κ3) is 9.43. The third-order valence-electron chi connectivity index (χ3n) is 11.4. The minimum Gasteiger partial charge on any atom is -0.459 e. The first-order valence-corrected chi connectivity index (χ1v) is 18.1. The fraction of sp³-hybridized carbons (Fsp3) is 0.944. The molecule has 0 amide bonds. The fourth-order valence-corrected chi connectivity index (χ4v) is 8.10. The van der Waals surface area contributed by atoms with E-state index in [0.29, 0.717) is 6.54 Å². The fourth-order valence-electron chi connectivity index (χ4n) is 8.10. The lowest BCUT2D eigenvalue weighted by Crippen LogP contribution is -2.59. The van der Waals surface area contributed by atoms with Crippen LogP contribution >= 0.6 is 0 Å². The molecular weight excluding hydrogens is 654 g/mol. The van der Waals surface area contributed by atoms with Gasteiger partial charge < -0.3 is 58.9 Å². The van der Waals surface area contributed by atoms with Crippen molar-refractivity contribution in [1.29, 1.82) is 0 Å². The molecule has 0 aliphatic carbocycles. The number of Topliss-reactive ketones (excluding diaryl/α,β-unsaturated/α-hetero) is 1. The summed E-state index contributed by atoms with van der Waals surface area (Å²) in [6, 6.07) is -0.566. The molecule has 5 N–H and O–H groups in total. The van der Waals surface area contributed by atoms with Crippen molar-refractivity contribution < 1.29 is 63.5 Å². The van der Waals surface area contributed by atoms with E-state index in [0.717, 1.165) is 0 Å². The number of nitrogens with zero attached hydrogens (tertiary/aromatic N) is 1. The molecular formula is C36H65NO13. The molecule has 0 bridgehead atoms. The zero-order chi connectivity index (χ0) is 38.1. The van der Waals surface area contributed by atoms with Crippen molar-refractivity contribution in [2.24, 2.45) is 17.8 Å². The van der Waals surface area contributed by atoms with Crippen LogP contribution in [0.15, 0.2) is 0 Å². The van der Waals surface area contributed by atoms with E-state index in [9.17, 15) is 35.1 Å². The molecule has 292 valence electrons. The Bertz CT molecular complexity index is 1140. The van der Waals surface area contributed by atoms with Gasteiger partial charge in [-0.2, -0.15) is 0 Å². The number of rotatable bonds is 6.